The van der Waals surface area contributed by atoms with Gasteiger partial charge in [0.05, 0.1) is 28.4 Å². The fourth-order valence-electron chi connectivity index (χ4n) is 4.50. The lowest BCUT2D eigenvalue weighted by molar-refractivity contribution is 0.0636. The number of nitrogens with zero attached hydrogens (tertiary/aromatic N) is 3. The van der Waals surface area contributed by atoms with Gasteiger partial charge >= 0.3 is 0 Å². The van der Waals surface area contributed by atoms with Crippen LogP contribution in [0.4, 0.5) is 0 Å². The zero-order valence-electron chi connectivity index (χ0n) is 18.1. The van der Waals surface area contributed by atoms with Gasteiger partial charge in [-0.2, -0.15) is 5.10 Å². The normalized spacial score (nSPS) is 16.4. The maximum atomic E-state index is 14.0. The molecule has 3 N–H and O–H groups in total. The molecule has 7 nitrogen and oxygen atoms in total. The molecule has 0 bridgehead atoms. The molecular weight excluding hydrogens is 402 g/mol. The molecule has 2 aromatic carbocycles. The number of aryl methyl sites for hydroxylation is 2. The molecule has 7 heteroatoms. The SMILES string of the molecule is Cc1cc(O)ccc1-c1cc(C(=O)N2CCNCC2c2ccccc2)c2c(C)n[nH]c2n1. The zero-order chi connectivity index (χ0) is 22.2. The van der Waals surface area contributed by atoms with Gasteiger partial charge in [-0.3, -0.25) is 9.89 Å². The first-order valence-electron chi connectivity index (χ1n) is 10.8. The average molecular weight is 428 g/mol. The van der Waals surface area contributed by atoms with Crippen LogP contribution in [0.15, 0.2) is 54.6 Å². The van der Waals surface area contributed by atoms with Crippen molar-refractivity contribution in [3.63, 3.8) is 0 Å². The number of H-pyrrole nitrogens is 1. The van der Waals surface area contributed by atoms with Gasteiger partial charge in [-0.1, -0.05) is 30.3 Å². The number of amides is 1. The average Bonchev–Trinajstić information content (AvgIpc) is 3.19. The highest BCUT2D eigenvalue weighted by Crippen LogP contribution is 2.32. The van der Waals surface area contributed by atoms with E-state index in [4.69, 9.17) is 4.98 Å². The minimum atomic E-state index is -0.0493. The summed E-state index contributed by atoms with van der Waals surface area (Å²) in [5.74, 6) is 0.169. The Morgan fingerprint density at radius 1 is 1.12 bits per heavy atom. The van der Waals surface area contributed by atoms with Crippen molar-refractivity contribution in [2.24, 2.45) is 0 Å². The Labute approximate surface area is 186 Å². The molecule has 1 fully saturated rings. The van der Waals surface area contributed by atoms with Crippen molar-refractivity contribution < 1.29 is 9.90 Å². The van der Waals surface area contributed by atoms with Crippen LogP contribution in [0, 0.1) is 13.8 Å². The van der Waals surface area contributed by atoms with E-state index < -0.39 is 0 Å². The number of pyridine rings is 1. The standard InChI is InChI=1S/C25H25N5O2/c1-15-12-18(31)8-9-19(15)21-13-20(23-16(2)28-29-24(23)27-21)25(32)30-11-10-26-14-22(30)17-6-4-3-5-7-17/h3-9,12-13,22,26,31H,10-11,14H2,1-2H3,(H,27,28,29). The number of rotatable bonds is 3. The number of phenols is 1. The van der Waals surface area contributed by atoms with Crippen LogP contribution in [-0.4, -0.2) is 50.7 Å². The molecule has 1 amide bonds. The quantitative estimate of drug-likeness (QED) is 0.463. The minimum Gasteiger partial charge on any atom is -0.508 e. The summed E-state index contributed by atoms with van der Waals surface area (Å²) < 4.78 is 0. The number of piperazine rings is 1. The molecule has 1 unspecified atom stereocenters. The molecule has 0 radical (unpaired) electrons. The summed E-state index contributed by atoms with van der Waals surface area (Å²) in [6.45, 7) is 5.88. The van der Waals surface area contributed by atoms with Gasteiger partial charge in [-0.05, 0) is 49.2 Å². The van der Waals surface area contributed by atoms with Crippen molar-refractivity contribution in [1.82, 2.24) is 25.4 Å². The number of aromatic amines is 1. The van der Waals surface area contributed by atoms with E-state index >= 15 is 0 Å². The van der Waals surface area contributed by atoms with Gasteiger partial charge in [0.2, 0.25) is 0 Å². The Morgan fingerprint density at radius 3 is 2.72 bits per heavy atom. The molecule has 162 valence electrons. The topological polar surface area (TPSA) is 94.1 Å². The lowest BCUT2D eigenvalue weighted by Crippen LogP contribution is -2.48. The van der Waals surface area contributed by atoms with Crippen LogP contribution in [0.5, 0.6) is 5.75 Å². The predicted molar refractivity (Wildman–Crippen MR) is 124 cm³/mol. The van der Waals surface area contributed by atoms with Crippen molar-refractivity contribution in [2.75, 3.05) is 19.6 Å². The highest BCUT2D eigenvalue weighted by Gasteiger charge is 2.30. The fourth-order valence-corrected chi connectivity index (χ4v) is 4.50. The van der Waals surface area contributed by atoms with Crippen molar-refractivity contribution in [1.29, 1.82) is 0 Å². The third-order valence-electron chi connectivity index (χ3n) is 6.12. The summed E-state index contributed by atoms with van der Waals surface area (Å²) in [4.78, 5) is 20.6. The third-order valence-corrected chi connectivity index (χ3v) is 6.12. The van der Waals surface area contributed by atoms with Gasteiger partial charge < -0.3 is 15.3 Å². The Bertz CT molecular complexity index is 1300. The molecule has 0 saturated carbocycles. The van der Waals surface area contributed by atoms with Crippen LogP contribution in [0.2, 0.25) is 0 Å². The van der Waals surface area contributed by atoms with Gasteiger partial charge in [0.25, 0.3) is 5.91 Å². The third kappa shape index (κ3) is 3.50. The second-order valence-electron chi connectivity index (χ2n) is 8.22. The van der Waals surface area contributed by atoms with Gasteiger partial charge in [0.1, 0.15) is 5.75 Å². The van der Waals surface area contributed by atoms with Crippen molar-refractivity contribution in [3.05, 3.63) is 77.0 Å². The maximum Gasteiger partial charge on any atom is 0.255 e. The molecular formula is C25H25N5O2. The molecule has 1 saturated heterocycles. The number of carbonyl (C=O) groups is 1. The number of nitrogens with one attached hydrogen (secondary N) is 2. The van der Waals surface area contributed by atoms with E-state index in [1.807, 2.05) is 49.1 Å². The zero-order valence-corrected chi connectivity index (χ0v) is 18.1. The lowest BCUT2D eigenvalue weighted by Gasteiger charge is -2.36. The smallest absolute Gasteiger partial charge is 0.255 e. The number of phenolic OH excluding ortho intramolecular Hbond substituents is 1. The van der Waals surface area contributed by atoms with Gasteiger partial charge in [-0.25, -0.2) is 4.98 Å². The van der Waals surface area contributed by atoms with Crippen LogP contribution in [-0.2, 0) is 0 Å². The molecule has 0 aliphatic carbocycles. The van der Waals surface area contributed by atoms with E-state index in [1.54, 1.807) is 12.1 Å². The van der Waals surface area contributed by atoms with Crippen LogP contribution in [0.1, 0.15) is 33.2 Å². The van der Waals surface area contributed by atoms with Crippen molar-refractivity contribution in [3.8, 4) is 17.0 Å². The van der Waals surface area contributed by atoms with Crippen LogP contribution in [0.3, 0.4) is 0 Å². The van der Waals surface area contributed by atoms with Crippen LogP contribution in [0.25, 0.3) is 22.3 Å². The number of aromatic nitrogens is 3. The molecule has 3 heterocycles. The molecule has 1 aliphatic heterocycles. The number of carbonyl (C=O) groups excluding carboxylic acids is 1. The number of hydrogen-bond acceptors (Lipinski definition) is 5. The summed E-state index contributed by atoms with van der Waals surface area (Å²) >= 11 is 0. The molecule has 1 atom stereocenters. The van der Waals surface area contributed by atoms with Crippen LogP contribution < -0.4 is 5.32 Å². The Hall–Kier alpha value is -3.71. The second-order valence-corrected chi connectivity index (χ2v) is 8.22. The van der Waals surface area contributed by atoms with Crippen LogP contribution >= 0.6 is 0 Å². The van der Waals surface area contributed by atoms with Gasteiger partial charge in [-0.15, -0.1) is 0 Å². The highest BCUT2D eigenvalue weighted by atomic mass is 16.3. The molecule has 5 rings (SSSR count). The summed E-state index contributed by atoms with van der Waals surface area (Å²) in [7, 11) is 0. The highest BCUT2D eigenvalue weighted by molar-refractivity contribution is 6.07. The molecule has 4 aromatic rings. The minimum absolute atomic E-state index is 0.0325. The van der Waals surface area contributed by atoms with E-state index in [0.717, 1.165) is 34.3 Å². The molecule has 0 spiro atoms. The van der Waals surface area contributed by atoms with Crippen molar-refractivity contribution >= 4 is 16.9 Å². The monoisotopic (exact) mass is 427 g/mol. The van der Waals surface area contributed by atoms with E-state index in [2.05, 4.69) is 27.6 Å². The first kappa shape index (κ1) is 20.2. The predicted octanol–water partition coefficient (Wildman–Crippen LogP) is 3.73. The van der Waals surface area contributed by atoms with E-state index in [9.17, 15) is 9.90 Å². The first-order valence-corrected chi connectivity index (χ1v) is 10.8. The van der Waals surface area contributed by atoms with E-state index in [1.165, 1.54) is 0 Å². The van der Waals surface area contributed by atoms with E-state index in [0.29, 0.717) is 30.0 Å². The summed E-state index contributed by atoms with van der Waals surface area (Å²) in [5.41, 5.74) is 5.46. The van der Waals surface area contributed by atoms with Gasteiger partial charge in [0, 0.05) is 25.2 Å². The lowest BCUT2D eigenvalue weighted by atomic mass is 9.99. The van der Waals surface area contributed by atoms with E-state index in [-0.39, 0.29) is 17.7 Å². The largest absolute Gasteiger partial charge is 0.508 e. The first-order chi connectivity index (χ1) is 15.5. The summed E-state index contributed by atoms with van der Waals surface area (Å²) in [6.07, 6.45) is 0. The Morgan fingerprint density at radius 2 is 1.94 bits per heavy atom. The number of benzene rings is 2. The molecule has 1 aliphatic rings. The summed E-state index contributed by atoms with van der Waals surface area (Å²) in [5, 5.41) is 21.3. The Kier molecular flexibility index (Phi) is 5.11. The second kappa shape index (κ2) is 8.09. The maximum absolute atomic E-state index is 14.0. The molecule has 2 aromatic heterocycles. The molecule has 32 heavy (non-hydrogen) atoms. The fraction of sp³-hybridized carbons (Fsp3) is 0.240. The number of aromatic hydroxyl groups is 1. The Balaban J connectivity index is 1.63. The van der Waals surface area contributed by atoms with Gasteiger partial charge in [0.15, 0.2) is 5.65 Å². The van der Waals surface area contributed by atoms with Crippen molar-refractivity contribution in [2.45, 2.75) is 19.9 Å². The summed E-state index contributed by atoms with van der Waals surface area (Å²) in [6, 6.07) is 17.1. The number of hydrogen-bond donors (Lipinski definition) is 3. The number of fused-ring (bicyclic) bond motifs is 1.